The fourth-order valence-corrected chi connectivity index (χ4v) is 2.22. The first-order chi connectivity index (χ1) is 8.63. The molecule has 1 heterocycles. The number of likely N-dealkylation sites (N-methyl/N-ethyl adjacent to an activating group) is 1. The zero-order valence-corrected chi connectivity index (χ0v) is 13.2. The highest BCUT2D eigenvalue weighted by Gasteiger charge is 2.19. The Labute approximate surface area is 123 Å². The summed E-state index contributed by atoms with van der Waals surface area (Å²) in [5.74, 6) is 0.873. The first-order valence-corrected chi connectivity index (χ1v) is 6.75. The van der Waals surface area contributed by atoms with Gasteiger partial charge in [0.15, 0.2) is 0 Å². The lowest BCUT2D eigenvalue weighted by molar-refractivity contribution is -0.130. The summed E-state index contributed by atoms with van der Waals surface area (Å²) in [6, 6.07) is 0. The highest BCUT2D eigenvalue weighted by atomic mass is 35.5. The van der Waals surface area contributed by atoms with Crippen molar-refractivity contribution in [2.45, 2.75) is 12.8 Å². The number of ether oxygens (including phenoxy) is 1. The number of nitrogens with one attached hydrogen (secondary N) is 1. The van der Waals surface area contributed by atoms with E-state index in [4.69, 9.17) is 4.74 Å². The van der Waals surface area contributed by atoms with Gasteiger partial charge in [-0.2, -0.15) is 0 Å². The van der Waals surface area contributed by atoms with E-state index in [0.717, 1.165) is 26.2 Å². The molecule has 0 aromatic rings. The first kappa shape index (κ1) is 18.6. The zero-order chi connectivity index (χ0) is 13.4. The molecule has 1 rings (SSSR count). The van der Waals surface area contributed by atoms with Crippen LogP contribution in [0.5, 0.6) is 0 Å². The molecule has 0 saturated carbocycles. The minimum atomic E-state index is 0. The Morgan fingerprint density at radius 1 is 1.32 bits per heavy atom. The molecule has 6 heteroatoms. The van der Waals surface area contributed by atoms with Gasteiger partial charge < -0.3 is 15.0 Å². The van der Waals surface area contributed by atoms with Gasteiger partial charge in [0.05, 0.1) is 13.2 Å². The fourth-order valence-electron chi connectivity index (χ4n) is 2.22. The summed E-state index contributed by atoms with van der Waals surface area (Å²) in [6.07, 6.45) is 2.42. The molecule has 114 valence electrons. The Hall–Kier alpha value is -0.360. The molecule has 19 heavy (non-hydrogen) atoms. The van der Waals surface area contributed by atoms with E-state index in [-0.39, 0.29) is 18.3 Å². The summed E-state index contributed by atoms with van der Waals surface area (Å²) in [7, 11) is 5.32. The normalized spacial score (nSPS) is 16.2. The molecule has 5 nitrogen and oxygen atoms in total. The van der Waals surface area contributed by atoms with Crippen LogP contribution < -0.4 is 5.32 Å². The lowest BCUT2D eigenvalue weighted by Gasteiger charge is -2.30. The highest BCUT2D eigenvalue weighted by molar-refractivity contribution is 5.85. The Kier molecular flexibility index (Phi) is 10.2. The van der Waals surface area contributed by atoms with Crippen molar-refractivity contribution < 1.29 is 9.53 Å². The molecule has 1 N–H and O–H groups in total. The van der Waals surface area contributed by atoms with Crippen LogP contribution in [0.4, 0.5) is 0 Å². The molecule has 0 bridgehead atoms. The number of nitrogens with zero attached hydrogens (tertiary/aromatic N) is 2. The molecular weight excluding hydrogens is 266 g/mol. The molecule has 0 atom stereocenters. The number of piperidine rings is 1. The molecule has 1 aliphatic heterocycles. The van der Waals surface area contributed by atoms with Gasteiger partial charge in [0.25, 0.3) is 0 Å². The standard InChI is InChI=1S/C13H27N3O2.ClH/c1-15(2)13(17)11-16(8-9-18-3)10-12-4-6-14-7-5-12;/h12,14H,4-11H2,1-3H3;1H. The number of carbonyl (C=O) groups excluding carboxylic acids is 1. The molecule has 0 aromatic heterocycles. The molecule has 1 amide bonds. The maximum Gasteiger partial charge on any atom is 0.236 e. The number of rotatable bonds is 7. The lowest BCUT2D eigenvalue weighted by atomic mass is 9.97. The van der Waals surface area contributed by atoms with Crippen molar-refractivity contribution >= 4 is 18.3 Å². The number of methoxy groups -OCH3 is 1. The van der Waals surface area contributed by atoms with Crippen molar-refractivity contribution in [3.8, 4) is 0 Å². The summed E-state index contributed by atoms with van der Waals surface area (Å²) < 4.78 is 5.12. The van der Waals surface area contributed by atoms with E-state index in [0.29, 0.717) is 19.1 Å². The van der Waals surface area contributed by atoms with Crippen molar-refractivity contribution in [2.24, 2.45) is 5.92 Å². The first-order valence-electron chi connectivity index (χ1n) is 6.75. The average molecular weight is 294 g/mol. The molecule has 1 saturated heterocycles. The second kappa shape index (κ2) is 10.4. The summed E-state index contributed by atoms with van der Waals surface area (Å²) in [6.45, 7) is 5.23. The van der Waals surface area contributed by atoms with Crippen molar-refractivity contribution in [3.63, 3.8) is 0 Å². The van der Waals surface area contributed by atoms with E-state index in [2.05, 4.69) is 10.2 Å². The topological polar surface area (TPSA) is 44.8 Å². The van der Waals surface area contributed by atoms with Crippen LogP contribution in [0.25, 0.3) is 0 Å². The third-order valence-electron chi connectivity index (χ3n) is 3.44. The van der Waals surface area contributed by atoms with Crippen molar-refractivity contribution in [1.82, 2.24) is 15.1 Å². The van der Waals surface area contributed by atoms with Gasteiger partial charge in [-0.3, -0.25) is 9.69 Å². The second-order valence-corrected chi connectivity index (χ2v) is 5.21. The van der Waals surface area contributed by atoms with Gasteiger partial charge in [0, 0.05) is 34.3 Å². The molecule has 1 fully saturated rings. The van der Waals surface area contributed by atoms with E-state index in [9.17, 15) is 4.79 Å². The molecule has 1 aliphatic rings. The van der Waals surface area contributed by atoms with Crippen LogP contribution in [0, 0.1) is 5.92 Å². The highest BCUT2D eigenvalue weighted by Crippen LogP contribution is 2.13. The number of carbonyl (C=O) groups is 1. The van der Waals surface area contributed by atoms with Crippen molar-refractivity contribution in [3.05, 3.63) is 0 Å². The van der Waals surface area contributed by atoms with Crippen LogP contribution in [0.3, 0.4) is 0 Å². The molecule has 0 unspecified atom stereocenters. The Morgan fingerprint density at radius 3 is 2.47 bits per heavy atom. The van der Waals surface area contributed by atoms with E-state index in [1.165, 1.54) is 12.8 Å². The van der Waals surface area contributed by atoms with Gasteiger partial charge in [-0.1, -0.05) is 0 Å². The third-order valence-corrected chi connectivity index (χ3v) is 3.44. The Balaban J connectivity index is 0.00000324. The van der Waals surface area contributed by atoms with Gasteiger partial charge in [-0.25, -0.2) is 0 Å². The van der Waals surface area contributed by atoms with Crippen LogP contribution in [-0.2, 0) is 9.53 Å². The monoisotopic (exact) mass is 293 g/mol. The zero-order valence-electron chi connectivity index (χ0n) is 12.4. The van der Waals surface area contributed by atoms with Gasteiger partial charge in [-0.05, 0) is 31.8 Å². The maximum absolute atomic E-state index is 11.8. The number of hydrogen-bond acceptors (Lipinski definition) is 4. The van der Waals surface area contributed by atoms with Crippen LogP contribution in [0.2, 0.25) is 0 Å². The van der Waals surface area contributed by atoms with Gasteiger partial charge in [-0.15, -0.1) is 12.4 Å². The number of amides is 1. The molecule has 0 aliphatic carbocycles. The van der Waals surface area contributed by atoms with Gasteiger partial charge in [0.2, 0.25) is 5.91 Å². The van der Waals surface area contributed by atoms with E-state index < -0.39 is 0 Å². The number of hydrogen-bond donors (Lipinski definition) is 1. The summed E-state index contributed by atoms with van der Waals surface area (Å²) in [5, 5.41) is 3.37. The van der Waals surface area contributed by atoms with E-state index in [1.807, 2.05) is 0 Å². The quantitative estimate of drug-likeness (QED) is 0.740. The maximum atomic E-state index is 11.8. The Morgan fingerprint density at radius 2 is 1.95 bits per heavy atom. The van der Waals surface area contributed by atoms with Crippen molar-refractivity contribution in [1.29, 1.82) is 0 Å². The SMILES string of the molecule is COCCN(CC(=O)N(C)C)CC1CCNCC1.Cl. The largest absolute Gasteiger partial charge is 0.383 e. The van der Waals surface area contributed by atoms with E-state index >= 15 is 0 Å². The average Bonchev–Trinajstić information content (AvgIpc) is 2.37. The molecular formula is C13H28ClN3O2. The van der Waals surface area contributed by atoms with Crippen LogP contribution in [-0.4, -0.2) is 76.2 Å². The summed E-state index contributed by atoms with van der Waals surface area (Å²) >= 11 is 0. The van der Waals surface area contributed by atoms with Crippen molar-refractivity contribution in [2.75, 3.05) is 60.5 Å². The number of halogens is 1. The van der Waals surface area contributed by atoms with Crippen LogP contribution in [0.1, 0.15) is 12.8 Å². The lowest BCUT2D eigenvalue weighted by Crippen LogP contribution is -2.42. The predicted octanol–water partition coefficient (Wildman–Crippen LogP) is 0.444. The fraction of sp³-hybridized carbons (Fsp3) is 0.923. The second-order valence-electron chi connectivity index (χ2n) is 5.21. The van der Waals surface area contributed by atoms with Crippen LogP contribution in [0.15, 0.2) is 0 Å². The van der Waals surface area contributed by atoms with Crippen LogP contribution >= 0.6 is 12.4 Å². The summed E-state index contributed by atoms with van der Waals surface area (Å²) in [5.41, 5.74) is 0. The molecule has 0 radical (unpaired) electrons. The predicted molar refractivity (Wildman–Crippen MR) is 79.9 cm³/mol. The minimum Gasteiger partial charge on any atom is -0.383 e. The molecule has 0 spiro atoms. The smallest absolute Gasteiger partial charge is 0.236 e. The van der Waals surface area contributed by atoms with E-state index in [1.54, 1.807) is 26.1 Å². The van der Waals surface area contributed by atoms with Gasteiger partial charge >= 0.3 is 0 Å². The molecule has 0 aromatic carbocycles. The Bertz CT molecular complexity index is 246. The van der Waals surface area contributed by atoms with Gasteiger partial charge in [0.1, 0.15) is 0 Å². The third kappa shape index (κ3) is 7.72. The minimum absolute atomic E-state index is 0. The summed E-state index contributed by atoms with van der Waals surface area (Å²) in [4.78, 5) is 15.7.